The smallest absolute Gasteiger partial charge is 0.363 e. The van der Waals surface area contributed by atoms with E-state index in [2.05, 4.69) is 4.99 Å². The molecular formula is C19H14FNO6. The Morgan fingerprint density at radius 2 is 2.07 bits per heavy atom. The summed E-state index contributed by atoms with van der Waals surface area (Å²) in [5.41, 5.74) is 0.947. The first-order valence-electron chi connectivity index (χ1n) is 7.77. The van der Waals surface area contributed by atoms with E-state index < -0.39 is 24.4 Å². The maximum Gasteiger partial charge on any atom is 0.363 e. The van der Waals surface area contributed by atoms with Gasteiger partial charge in [0.25, 0.3) is 0 Å². The Kier molecular flexibility index (Phi) is 5.16. The molecule has 2 aromatic carbocycles. The number of carboxylic acid groups (broad SMARTS) is 1. The third-order valence-corrected chi connectivity index (χ3v) is 3.53. The number of aliphatic carboxylic acids is 1. The van der Waals surface area contributed by atoms with Gasteiger partial charge >= 0.3 is 11.9 Å². The van der Waals surface area contributed by atoms with Gasteiger partial charge in [-0.2, -0.15) is 0 Å². The lowest BCUT2D eigenvalue weighted by Gasteiger charge is -2.09. The molecule has 2 aromatic rings. The molecule has 1 aliphatic heterocycles. The Labute approximate surface area is 153 Å². The maximum absolute atomic E-state index is 13.3. The number of carboxylic acids is 1. The molecule has 0 radical (unpaired) electrons. The number of ether oxygens (including phenoxy) is 3. The van der Waals surface area contributed by atoms with Crippen LogP contribution in [0.1, 0.15) is 11.1 Å². The number of carbonyl (C=O) groups excluding carboxylic acids is 1. The number of benzene rings is 2. The number of cyclic esters (lactones) is 1. The molecule has 7 nitrogen and oxygen atoms in total. The number of methoxy groups -OCH3 is 1. The van der Waals surface area contributed by atoms with E-state index in [1.165, 1.54) is 37.5 Å². The second kappa shape index (κ2) is 7.69. The zero-order valence-corrected chi connectivity index (χ0v) is 14.1. The van der Waals surface area contributed by atoms with Crippen LogP contribution in [0.4, 0.5) is 4.39 Å². The largest absolute Gasteiger partial charge is 0.493 e. The number of aliphatic imine (C=N–C) groups is 1. The lowest BCUT2D eigenvalue weighted by molar-refractivity contribution is -0.139. The normalized spacial score (nSPS) is 14.7. The second-order valence-electron chi connectivity index (χ2n) is 5.44. The van der Waals surface area contributed by atoms with Crippen molar-refractivity contribution in [2.24, 2.45) is 4.99 Å². The van der Waals surface area contributed by atoms with Crippen LogP contribution in [0, 0.1) is 5.82 Å². The standard InChI is InChI=1S/C19H14FNO6/c1-25-16-8-11(5-6-15(16)26-10-17(22)23)7-14-19(24)27-18(21-14)12-3-2-4-13(20)9-12/h2-9H,10H2,1H3,(H,22,23)/b14-7+. The number of esters is 1. The van der Waals surface area contributed by atoms with Crippen LogP contribution in [0.25, 0.3) is 6.08 Å². The van der Waals surface area contributed by atoms with Crippen molar-refractivity contribution in [3.63, 3.8) is 0 Å². The molecule has 0 unspecified atom stereocenters. The summed E-state index contributed by atoms with van der Waals surface area (Å²) < 4.78 is 28.7. The summed E-state index contributed by atoms with van der Waals surface area (Å²) in [5.74, 6) is -1.69. The lowest BCUT2D eigenvalue weighted by atomic mass is 10.1. The van der Waals surface area contributed by atoms with E-state index in [-0.39, 0.29) is 17.3 Å². The maximum atomic E-state index is 13.3. The van der Waals surface area contributed by atoms with Crippen LogP contribution in [0.15, 0.2) is 53.2 Å². The van der Waals surface area contributed by atoms with Crippen molar-refractivity contribution in [3.05, 3.63) is 65.1 Å². The number of nitrogens with zero attached hydrogens (tertiary/aromatic N) is 1. The zero-order chi connectivity index (χ0) is 19.4. The summed E-state index contributed by atoms with van der Waals surface area (Å²) in [6.07, 6.45) is 1.47. The molecule has 0 fully saturated rings. The highest BCUT2D eigenvalue weighted by Crippen LogP contribution is 2.29. The minimum atomic E-state index is -1.11. The van der Waals surface area contributed by atoms with Crippen molar-refractivity contribution in [1.29, 1.82) is 0 Å². The van der Waals surface area contributed by atoms with Gasteiger partial charge in [-0.05, 0) is 42.0 Å². The Morgan fingerprint density at radius 1 is 1.26 bits per heavy atom. The second-order valence-corrected chi connectivity index (χ2v) is 5.44. The Balaban J connectivity index is 1.87. The van der Waals surface area contributed by atoms with Crippen LogP contribution in [0.2, 0.25) is 0 Å². The van der Waals surface area contributed by atoms with Crippen LogP contribution in [-0.2, 0) is 14.3 Å². The van der Waals surface area contributed by atoms with E-state index in [0.29, 0.717) is 16.9 Å². The summed E-state index contributed by atoms with van der Waals surface area (Å²) in [5, 5.41) is 8.68. The van der Waals surface area contributed by atoms with Crippen LogP contribution in [-0.4, -0.2) is 36.7 Å². The number of hydrogen-bond acceptors (Lipinski definition) is 6. The number of hydrogen-bond donors (Lipinski definition) is 1. The number of rotatable bonds is 6. The van der Waals surface area contributed by atoms with Gasteiger partial charge < -0.3 is 19.3 Å². The minimum Gasteiger partial charge on any atom is -0.493 e. The molecule has 8 heteroatoms. The van der Waals surface area contributed by atoms with Crippen LogP contribution >= 0.6 is 0 Å². The van der Waals surface area contributed by atoms with Crippen LogP contribution < -0.4 is 9.47 Å². The van der Waals surface area contributed by atoms with Gasteiger partial charge in [-0.25, -0.2) is 19.0 Å². The third kappa shape index (κ3) is 4.30. The molecule has 0 bridgehead atoms. The summed E-state index contributed by atoms with van der Waals surface area (Å²) in [6, 6.07) is 10.2. The lowest BCUT2D eigenvalue weighted by Crippen LogP contribution is -2.10. The highest BCUT2D eigenvalue weighted by atomic mass is 19.1. The quantitative estimate of drug-likeness (QED) is 0.620. The van der Waals surface area contributed by atoms with Gasteiger partial charge in [0.15, 0.2) is 23.8 Å². The van der Waals surface area contributed by atoms with Crippen molar-refractivity contribution >= 4 is 23.9 Å². The van der Waals surface area contributed by atoms with Gasteiger partial charge in [-0.3, -0.25) is 0 Å². The summed E-state index contributed by atoms with van der Waals surface area (Å²) in [6.45, 7) is -0.510. The fourth-order valence-corrected chi connectivity index (χ4v) is 2.34. The highest BCUT2D eigenvalue weighted by Gasteiger charge is 2.24. The van der Waals surface area contributed by atoms with Crippen molar-refractivity contribution < 1.29 is 33.3 Å². The molecule has 1 aliphatic rings. The number of carbonyl (C=O) groups is 2. The van der Waals surface area contributed by atoms with Gasteiger partial charge in [-0.15, -0.1) is 0 Å². The van der Waals surface area contributed by atoms with Gasteiger partial charge in [0.2, 0.25) is 5.90 Å². The van der Waals surface area contributed by atoms with E-state index in [0.717, 1.165) is 0 Å². The molecule has 0 aromatic heterocycles. The van der Waals surface area contributed by atoms with Gasteiger partial charge in [0, 0.05) is 5.56 Å². The minimum absolute atomic E-state index is 0.0131. The first kappa shape index (κ1) is 18.1. The molecule has 0 amide bonds. The van der Waals surface area contributed by atoms with Gasteiger partial charge in [0.05, 0.1) is 7.11 Å². The van der Waals surface area contributed by atoms with E-state index in [4.69, 9.17) is 19.3 Å². The molecule has 1 N–H and O–H groups in total. The molecule has 1 heterocycles. The van der Waals surface area contributed by atoms with E-state index in [9.17, 15) is 14.0 Å². The summed E-state index contributed by atoms with van der Waals surface area (Å²) in [4.78, 5) is 26.7. The predicted molar refractivity (Wildman–Crippen MR) is 93.1 cm³/mol. The van der Waals surface area contributed by atoms with Crippen molar-refractivity contribution in [3.8, 4) is 11.5 Å². The van der Waals surface area contributed by atoms with E-state index in [1.807, 2.05) is 0 Å². The van der Waals surface area contributed by atoms with E-state index >= 15 is 0 Å². The molecule has 0 atom stereocenters. The zero-order valence-electron chi connectivity index (χ0n) is 14.1. The highest BCUT2D eigenvalue weighted by molar-refractivity contribution is 6.12. The molecule has 0 saturated carbocycles. The molecular weight excluding hydrogens is 357 g/mol. The topological polar surface area (TPSA) is 94.4 Å². The average molecular weight is 371 g/mol. The Bertz CT molecular complexity index is 966. The summed E-state index contributed by atoms with van der Waals surface area (Å²) >= 11 is 0. The SMILES string of the molecule is COc1cc(/C=C2/N=C(c3cccc(F)c3)OC2=O)ccc1OCC(=O)O. The molecule has 0 aliphatic carbocycles. The van der Waals surface area contributed by atoms with Gasteiger partial charge in [-0.1, -0.05) is 12.1 Å². The Morgan fingerprint density at radius 3 is 2.78 bits per heavy atom. The average Bonchev–Trinajstić information content (AvgIpc) is 3.01. The summed E-state index contributed by atoms with van der Waals surface area (Å²) in [7, 11) is 1.41. The molecule has 27 heavy (non-hydrogen) atoms. The molecule has 3 rings (SSSR count). The first-order chi connectivity index (χ1) is 13.0. The molecule has 138 valence electrons. The van der Waals surface area contributed by atoms with Crippen LogP contribution in [0.3, 0.4) is 0 Å². The number of halogens is 1. The predicted octanol–water partition coefficient (Wildman–Crippen LogP) is 2.64. The fourth-order valence-electron chi connectivity index (χ4n) is 2.34. The van der Waals surface area contributed by atoms with Crippen molar-refractivity contribution in [2.75, 3.05) is 13.7 Å². The van der Waals surface area contributed by atoms with Crippen LogP contribution in [0.5, 0.6) is 11.5 Å². The molecule has 0 saturated heterocycles. The monoisotopic (exact) mass is 371 g/mol. The van der Waals surface area contributed by atoms with Gasteiger partial charge in [0.1, 0.15) is 5.82 Å². The molecule has 0 spiro atoms. The first-order valence-corrected chi connectivity index (χ1v) is 7.77. The van der Waals surface area contributed by atoms with Crippen molar-refractivity contribution in [1.82, 2.24) is 0 Å². The fraction of sp³-hybridized carbons (Fsp3) is 0.105. The third-order valence-electron chi connectivity index (χ3n) is 3.53. The van der Waals surface area contributed by atoms with Crippen molar-refractivity contribution in [2.45, 2.75) is 0 Å². The van der Waals surface area contributed by atoms with E-state index in [1.54, 1.807) is 18.2 Å². The Hall–Kier alpha value is -3.68.